The van der Waals surface area contributed by atoms with Crippen molar-refractivity contribution in [2.45, 2.75) is 32.3 Å². The number of carbonyl (C=O) groups excluding carboxylic acids is 1. The molecule has 0 aliphatic carbocycles. The maximum Gasteiger partial charge on any atom is 0.227 e. The molecule has 154 valence electrons. The number of amides is 1. The average Bonchev–Trinajstić information content (AvgIpc) is 3.20. The van der Waals surface area contributed by atoms with E-state index in [1.54, 1.807) is 31.3 Å². The average molecular weight is 416 g/mol. The highest BCUT2D eigenvalue weighted by atomic mass is 32.2. The molecular weight excluding hydrogens is 390 g/mol. The number of benzene rings is 1. The zero-order valence-corrected chi connectivity index (χ0v) is 17.5. The van der Waals surface area contributed by atoms with Crippen molar-refractivity contribution in [2.24, 2.45) is 0 Å². The molecule has 0 radical (unpaired) electrons. The van der Waals surface area contributed by atoms with Gasteiger partial charge in [-0.05, 0) is 31.4 Å². The largest absolute Gasteiger partial charge is 0.487 e. The van der Waals surface area contributed by atoms with Crippen molar-refractivity contribution in [3.05, 3.63) is 42.2 Å². The van der Waals surface area contributed by atoms with E-state index in [2.05, 4.69) is 11.1 Å². The van der Waals surface area contributed by atoms with Gasteiger partial charge in [-0.2, -0.15) is 4.31 Å². The summed E-state index contributed by atoms with van der Waals surface area (Å²) in [5.41, 5.74) is 3.88. The number of sulfonamides is 1. The predicted molar refractivity (Wildman–Crippen MR) is 111 cm³/mol. The summed E-state index contributed by atoms with van der Waals surface area (Å²) in [7, 11) is -1.39. The molecular formula is C21H25N3O4S. The Bertz CT molecular complexity index is 1040. The molecule has 8 heteroatoms. The number of para-hydroxylation sites is 1. The van der Waals surface area contributed by atoms with Crippen LogP contribution >= 0.6 is 0 Å². The summed E-state index contributed by atoms with van der Waals surface area (Å²) in [5, 5.41) is 0. The van der Waals surface area contributed by atoms with Crippen LogP contribution in [0.4, 0.5) is 5.69 Å². The first-order valence-electron chi connectivity index (χ1n) is 9.87. The lowest BCUT2D eigenvalue weighted by atomic mass is 9.94. The number of aryl methyl sites for hydroxylation is 1. The van der Waals surface area contributed by atoms with Crippen LogP contribution in [0.2, 0.25) is 0 Å². The third-order valence-corrected chi connectivity index (χ3v) is 7.48. The Balaban J connectivity index is 1.58. The number of fused-ring (bicyclic) bond motifs is 1. The van der Waals surface area contributed by atoms with Crippen LogP contribution in [0.3, 0.4) is 0 Å². The van der Waals surface area contributed by atoms with Crippen LogP contribution in [0, 0.1) is 0 Å². The topological polar surface area (TPSA) is 79.8 Å². The SMILES string of the molecule is CCS(=O)(=O)N1CC[C@@H](Oc2cncc(-c3cccc4c3N(C)C(=O)CC4)c2)C1. The number of rotatable bonds is 5. The van der Waals surface area contributed by atoms with Crippen LogP contribution in [0.15, 0.2) is 36.7 Å². The molecule has 2 aromatic rings. The fourth-order valence-electron chi connectivity index (χ4n) is 4.01. The summed E-state index contributed by atoms with van der Waals surface area (Å²) >= 11 is 0. The third kappa shape index (κ3) is 3.86. The van der Waals surface area contributed by atoms with E-state index in [9.17, 15) is 13.2 Å². The molecule has 3 heterocycles. The molecule has 1 atom stereocenters. The van der Waals surface area contributed by atoms with Gasteiger partial charge < -0.3 is 9.64 Å². The fourth-order valence-corrected chi connectivity index (χ4v) is 5.15. The van der Waals surface area contributed by atoms with Crippen molar-refractivity contribution in [1.82, 2.24) is 9.29 Å². The molecule has 4 rings (SSSR count). The summed E-state index contributed by atoms with van der Waals surface area (Å²) in [5.74, 6) is 0.807. The Morgan fingerprint density at radius 2 is 2.07 bits per heavy atom. The van der Waals surface area contributed by atoms with Crippen LogP contribution < -0.4 is 9.64 Å². The van der Waals surface area contributed by atoms with Crippen LogP contribution in [-0.2, 0) is 21.2 Å². The van der Waals surface area contributed by atoms with E-state index in [0.717, 1.165) is 28.8 Å². The van der Waals surface area contributed by atoms with Gasteiger partial charge in [-0.1, -0.05) is 18.2 Å². The molecule has 29 heavy (non-hydrogen) atoms. The minimum atomic E-state index is -3.20. The van der Waals surface area contributed by atoms with Gasteiger partial charge in [0.05, 0.1) is 24.2 Å². The second-order valence-corrected chi connectivity index (χ2v) is 9.72. The van der Waals surface area contributed by atoms with E-state index >= 15 is 0 Å². The Kier molecular flexibility index (Phi) is 5.31. The first kappa shape index (κ1) is 19.8. The van der Waals surface area contributed by atoms with Crippen molar-refractivity contribution in [2.75, 3.05) is 30.8 Å². The van der Waals surface area contributed by atoms with Crippen molar-refractivity contribution in [3.63, 3.8) is 0 Å². The third-order valence-electron chi connectivity index (χ3n) is 5.63. The number of nitrogens with zero attached hydrogens (tertiary/aromatic N) is 3. The smallest absolute Gasteiger partial charge is 0.227 e. The Hall–Kier alpha value is -2.45. The molecule has 1 aromatic heterocycles. The molecule has 1 amide bonds. The standard InChI is InChI=1S/C21H25N3O4S/c1-3-29(26,27)24-10-9-17(14-24)28-18-11-16(12-22-13-18)19-6-4-5-15-7-8-20(25)23(2)21(15)19/h4-6,11-13,17H,3,7-10,14H2,1-2H3/t17-/m1/s1. The first-order valence-corrected chi connectivity index (χ1v) is 11.5. The van der Waals surface area contributed by atoms with Gasteiger partial charge in [-0.3, -0.25) is 9.78 Å². The highest BCUT2D eigenvalue weighted by Gasteiger charge is 2.31. The molecule has 2 aliphatic rings. The van der Waals surface area contributed by atoms with E-state index in [4.69, 9.17) is 4.74 Å². The normalized spacial score (nSPS) is 20.0. The van der Waals surface area contributed by atoms with E-state index in [1.165, 1.54) is 4.31 Å². The molecule has 0 spiro atoms. The lowest BCUT2D eigenvalue weighted by Crippen LogP contribution is -2.32. The Morgan fingerprint density at radius 1 is 1.24 bits per heavy atom. The molecule has 2 aliphatic heterocycles. The van der Waals surface area contributed by atoms with Gasteiger partial charge in [0.25, 0.3) is 0 Å². The lowest BCUT2D eigenvalue weighted by molar-refractivity contribution is -0.118. The second kappa shape index (κ2) is 7.76. The summed E-state index contributed by atoms with van der Waals surface area (Å²) in [4.78, 5) is 18.2. The summed E-state index contributed by atoms with van der Waals surface area (Å²) in [6.45, 7) is 2.49. The molecule has 1 fully saturated rings. The Labute approximate surface area is 171 Å². The van der Waals surface area contributed by atoms with Crippen molar-refractivity contribution >= 4 is 21.6 Å². The molecule has 0 saturated carbocycles. The monoisotopic (exact) mass is 415 g/mol. The van der Waals surface area contributed by atoms with Crippen molar-refractivity contribution in [1.29, 1.82) is 0 Å². The van der Waals surface area contributed by atoms with Gasteiger partial charge in [0.2, 0.25) is 15.9 Å². The second-order valence-electron chi connectivity index (χ2n) is 7.46. The van der Waals surface area contributed by atoms with Gasteiger partial charge >= 0.3 is 0 Å². The number of hydrogen-bond acceptors (Lipinski definition) is 5. The molecule has 0 N–H and O–H groups in total. The van der Waals surface area contributed by atoms with E-state index in [-0.39, 0.29) is 17.8 Å². The van der Waals surface area contributed by atoms with Gasteiger partial charge in [-0.15, -0.1) is 0 Å². The van der Waals surface area contributed by atoms with E-state index in [1.807, 2.05) is 18.2 Å². The zero-order valence-electron chi connectivity index (χ0n) is 16.7. The molecule has 1 saturated heterocycles. The molecule has 7 nitrogen and oxygen atoms in total. The van der Waals surface area contributed by atoms with E-state index in [0.29, 0.717) is 31.7 Å². The first-order chi connectivity index (χ1) is 13.9. The minimum absolute atomic E-state index is 0.0993. The quantitative estimate of drug-likeness (QED) is 0.750. The van der Waals surface area contributed by atoms with Gasteiger partial charge in [0.15, 0.2) is 0 Å². The van der Waals surface area contributed by atoms with E-state index < -0.39 is 10.0 Å². The summed E-state index contributed by atoms with van der Waals surface area (Å²) < 4.78 is 31.7. The molecule has 1 aromatic carbocycles. The minimum Gasteiger partial charge on any atom is -0.487 e. The fraction of sp³-hybridized carbons (Fsp3) is 0.429. The number of carbonyl (C=O) groups is 1. The Morgan fingerprint density at radius 3 is 2.86 bits per heavy atom. The van der Waals surface area contributed by atoms with Crippen LogP contribution in [0.5, 0.6) is 5.75 Å². The van der Waals surface area contributed by atoms with Crippen molar-refractivity contribution < 1.29 is 17.9 Å². The zero-order chi connectivity index (χ0) is 20.6. The molecule has 0 bridgehead atoms. The van der Waals surface area contributed by atoms with Gasteiger partial charge in [-0.25, -0.2) is 8.42 Å². The highest BCUT2D eigenvalue weighted by Crippen LogP contribution is 2.37. The van der Waals surface area contributed by atoms with Gasteiger partial charge in [0.1, 0.15) is 11.9 Å². The predicted octanol–water partition coefficient (Wildman–Crippen LogP) is 2.46. The maximum absolute atomic E-state index is 12.2. The van der Waals surface area contributed by atoms with Crippen LogP contribution in [0.25, 0.3) is 11.1 Å². The highest BCUT2D eigenvalue weighted by molar-refractivity contribution is 7.89. The van der Waals surface area contributed by atoms with Crippen LogP contribution in [0.1, 0.15) is 25.3 Å². The number of pyridine rings is 1. The number of ether oxygens (including phenoxy) is 1. The number of hydrogen-bond donors (Lipinski definition) is 0. The maximum atomic E-state index is 12.2. The van der Waals surface area contributed by atoms with Crippen LogP contribution in [-0.4, -0.2) is 55.6 Å². The number of aromatic nitrogens is 1. The molecule has 0 unspecified atom stereocenters. The summed E-state index contributed by atoms with van der Waals surface area (Å²) in [6.07, 6.45) is 5.12. The number of anilines is 1. The summed E-state index contributed by atoms with van der Waals surface area (Å²) in [6, 6.07) is 7.94. The van der Waals surface area contributed by atoms with Gasteiger partial charge in [0, 0.05) is 37.3 Å². The lowest BCUT2D eigenvalue weighted by Gasteiger charge is -2.28. The van der Waals surface area contributed by atoms with Crippen molar-refractivity contribution in [3.8, 4) is 16.9 Å².